The second kappa shape index (κ2) is 5.59. The van der Waals surface area contributed by atoms with Gasteiger partial charge in [0.05, 0.1) is 4.90 Å². The first-order chi connectivity index (χ1) is 11.2. The van der Waals surface area contributed by atoms with Crippen LogP contribution >= 0.6 is 0 Å². The number of likely N-dealkylation sites (N-methyl/N-ethyl adjacent to an activating group) is 1. The van der Waals surface area contributed by atoms with Crippen LogP contribution in [-0.4, -0.2) is 31.9 Å². The summed E-state index contributed by atoms with van der Waals surface area (Å²) >= 11 is 0. The van der Waals surface area contributed by atoms with E-state index in [1.54, 1.807) is 31.3 Å². The molecule has 3 rings (SSSR count). The number of nitrogens with one attached hydrogen (secondary N) is 1. The van der Waals surface area contributed by atoms with E-state index in [0.717, 1.165) is 15.4 Å². The third-order valence-electron chi connectivity index (χ3n) is 4.32. The van der Waals surface area contributed by atoms with Gasteiger partial charge >= 0.3 is 0 Å². The maximum absolute atomic E-state index is 12.7. The summed E-state index contributed by atoms with van der Waals surface area (Å²) in [5.41, 5.74) is 3.20. The second-order valence-corrected chi connectivity index (χ2v) is 7.98. The van der Waals surface area contributed by atoms with Crippen LogP contribution in [0.2, 0.25) is 0 Å². The van der Waals surface area contributed by atoms with Gasteiger partial charge in [0.2, 0.25) is 0 Å². The van der Waals surface area contributed by atoms with Crippen LogP contribution in [0.3, 0.4) is 0 Å². The summed E-state index contributed by atoms with van der Waals surface area (Å²) in [5, 5.41) is 2.72. The molecule has 0 unspecified atom stereocenters. The van der Waals surface area contributed by atoms with E-state index in [-0.39, 0.29) is 10.6 Å². The van der Waals surface area contributed by atoms with Crippen LogP contribution in [0.25, 0.3) is 5.57 Å². The SMILES string of the molecule is CC1=C(NC(=O)C2=C(C)c3cc(C)ccc3S(=O)(=O)N2C)N=CC1. The van der Waals surface area contributed by atoms with Gasteiger partial charge in [-0.05, 0) is 38.0 Å². The molecule has 0 saturated carbocycles. The number of aryl methyl sites for hydroxylation is 1. The van der Waals surface area contributed by atoms with E-state index in [4.69, 9.17) is 0 Å². The van der Waals surface area contributed by atoms with Gasteiger partial charge in [0.25, 0.3) is 15.9 Å². The molecule has 0 aromatic heterocycles. The van der Waals surface area contributed by atoms with Crippen LogP contribution in [-0.2, 0) is 14.8 Å². The van der Waals surface area contributed by atoms with E-state index in [9.17, 15) is 13.2 Å². The average molecular weight is 345 g/mol. The fourth-order valence-corrected chi connectivity index (χ4v) is 4.38. The molecular formula is C17H19N3O3S. The summed E-state index contributed by atoms with van der Waals surface area (Å²) in [4.78, 5) is 17.1. The minimum absolute atomic E-state index is 0.121. The molecule has 0 bridgehead atoms. The maximum atomic E-state index is 12.7. The van der Waals surface area contributed by atoms with Crippen LogP contribution in [0.4, 0.5) is 0 Å². The number of amides is 1. The van der Waals surface area contributed by atoms with Crippen LogP contribution in [0.1, 0.15) is 31.4 Å². The monoisotopic (exact) mass is 345 g/mol. The van der Waals surface area contributed by atoms with E-state index in [1.807, 2.05) is 13.8 Å². The summed E-state index contributed by atoms with van der Waals surface area (Å²) < 4.78 is 26.5. The molecular weight excluding hydrogens is 326 g/mol. The highest BCUT2D eigenvalue weighted by molar-refractivity contribution is 7.89. The Hall–Kier alpha value is -2.41. The zero-order valence-electron chi connectivity index (χ0n) is 14.0. The Kier molecular flexibility index (Phi) is 3.83. The fraction of sp³-hybridized carbons (Fsp3) is 0.294. The number of fused-ring (bicyclic) bond motifs is 1. The van der Waals surface area contributed by atoms with Crippen molar-refractivity contribution in [2.24, 2.45) is 4.99 Å². The third kappa shape index (κ3) is 2.45. The van der Waals surface area contributed by atoms with Crippen molar-refractivity contribution < 1.29 is 13.2 Å². The van der Waals surface area contributed by atoms with Gasteiger partial charge < -0.3 is 5.32 Å². The van der Waals surface area contributed by atoms with Crippen LogP contribution < -0.4 is 5.32 Å². The zero-order valence-corrected chi connectivity index (χ0v) is 14.9. The van der Waals surface area contributed by atoms with Crippen LogP contribution in [0, 0.1) is 6.92 Å². The summed E-state index contributed by atoms with van der Waals surface area (Å²) in [6, 6.07) is 5.13. The molecule has 0 fully saturated rings. The Balaban J connectivity index is 2.12. The maximum Gasteiger partial charge on any atom is 0.274 e. The highest BCUT2D eigenvalue weighted by Gasteiger charge is 2.36. The number of nitrogens with zero attached hydrogens (tertiary/aromatic N) is 2. The smallest absolute Gasteiger partial charge is 0.274 e. The number of allylic oxidation sites excluding steroid dienone is 2. The van der Waals surface area contributed by atoms with Gasteiger partial charge in [-0.3, -0.25) is 9.10 Å². The predicted octanol–water partition coefficient (Wildman–Crippen LogP) is 2.18. The lowest BCUT2D eigenvalue weighted by molar-refractivity contribution is -0.117. The minimum atomic E-state index is -3.75. The largest absolute Gasteiger partial charge is 0.305 e. The molecule has 2 aliphatic rings. The van der Waals surface area contributed by atoms with Crippen molar-refractivity contribution in [2.75, 3.05) is 7.05 Å². The molecule has 2 heterocycles. The second-order valence-electron chi connectivity index (χ2n) is 6.04. The number of carbonyl (C=O) groups is 1. The summed E-state index contributed by atoms with van der Waals surface area (Å²) in [7, 11) is -2.35. The average Bonchev–Trinajstić information content (AvgIpc) is 2.90. The molecule has 7 heteroatoms. The van der Waals surface area contributed by atoms with Crippen molar-refractivity contribution in [3.05, 3.63) is 46.4 Å². The first-order valence-electron chi connectivity index (χ1n) is 7.58. The first kappa shape index (κ1) is 16.4. The quantitative estimate of drug-likeness (QED) is 0.892. The summed E-state index contributed by atoms with van der Waals surface area (Å²) in [6.07, 6.45) is 2.40. The van der Waals surface area contributed by atoms with Gasteiger partial charge in [-0.1, -0.05) is 17.7 Å². The van der Waals surface area contributed by atoms with Gasteiger partial charge in [-0.25, -0.2) is 13.4 Å². The molecule has 1 aromatic carbocycles. The fourth-order valence-electron chi connectivity index (χ4n) is 2.89. The van der Waals surface area contributed by atoms with Crippen LogP contribution in [0.15, 0.2) is 45.2 Å². The number of aliphatic imine (C=N–C) groups is 1. The molecule has 0 aliphatic carbocycles. The lowest BCUT2D eigenvalue weighted by Gasteiger charge is -2.30. The number of hydrogen-bond donors (Lipinski definition) is 1. The van der Waals surface area contributed by atoms with E-state index in [0.29, 0.717) is 23.4 Å². The molecule has 1 N–H and O–H groups in total. The Morgan fingerprint density at radius 2 is 1.96 bits per heavy atom. The molecule has 0 radical (unpaired) electrons. The molecule has 0 atom stereocenters. The lowest BCUT2D eigenvalue weighted by atomic mass is 10.0. The molecule has 1 aromatic rings. The highest BCUT2D eigenvalue weighted by atomic mass is 32.2. The van der Waals surface area contributed by atoms with Gasteiger partial charge in [0, 0.05) is 25.2 Å². The van der Waals surface area contributed by atoms with Crippen molar-refractivity contribution in [3.63, 3.8) is 0 Å². The first-order valence-corrected chi connectivity index (χ1v) is 9.02. The molecule has 24 heavy (non-hydrogen) atoms. The van der Waals surface area contributed by atoms with Gasteiger partial charge in [-0.15, -0.1) is 0 Å². The van der Waals surface area contributed by atoms with Gasteiger partial charge in [-0.2, -0.15) is 0 Å². The number of sulfonamides is 1. The topological polar surface area (TPSA) is 78.8 Å². The Morgan fingerprint density at radius 3 is 2.58 bits per heavy atom. The highest BCUT2D eigenvalue weighted by Crippen LogP contribution is 2.36. The standard InChI is InChI=1S/C17H19N3O3S/c1-10-5-6-14-13(9-10)12(3)15(20(4)24(14,22)23)17(21)19-16-11(2)7-8-18-16/h5-6,8-9H,7H2,1-4H3,(H,19,21). The number of hydrogen-bond acceptors (Lipinski definition) is 4. The van der Waals surface area contributed by atoms with Gasteiger partial charge in [0.15, 0.2) is 0 Å². The lowest BCUT2D eigenvalue weighted by Crippen LogP contribution is -2.39. The molecule has 0 saturated heterocycles. The third-order valence-corrected chi connectivity index (χ3v) is 6.13. The van der Waals surface area contributed by atoms with Crippen molar-refractivity contribution in [1.29, 1.82) is 0 Å². The summed E-state index contributed by atoms with van der Waals surface area (Å²) in [5.74, 6) is 0.0141. The number of carbonyl (C=O) groups excluding carboxylic acids is 1. The van der Waals surface area contributed by atoms with E-state index in [2.05, 4.69) is 10.3 Å². The number of benzene rings is 1. The minimum Gasteiger partial charge on any atom is -0.305 e. The molecule has 126 valence electrons. The predicted molar refractivity (Wildman–Crippen MR) is 92.7 cm³/mol. The normalized spacial score (nSPS) is 18.9. The molecule has 2 aliphatic heterocycles. The Labute approximate surface area is 141 Å². The Bertz CT molecular complexity index is 940. The Morgan fingerprint density at radius 1 is 1.25 bits per heavy atom. The van der Waals surface area contributed by atoms with Gasteiger partial charge in [0.1, 0.15) is 11.5 Å². The van der Waals surface area contributed by atoms with E-state index in [1.165, 1.54) is 7.05 Å². The van der Waals surface area contributed by atoms with Crippen LogP contribution in [0.5, 0.6) is 0 Å². The van der Waals surface area contributed by atoms with E-state index < -0.39 is 15.9 Å². The molecule has 1 amide bonds. The van der Waals surface area contributed by atoms with Crippen molar-refractivity contribution in [2.45, 2.75) is 32.1 Å². The zero-order chi connectivity index (χ0) is 17.6. The molecule has 6 nitrogen and oxygen atoms in total. The summed E-state index contributed by atoms with van der Waals surface area (Å²) in [6.45, 7) is 5.53. The van der Waals surface area contributed by atoms with E-state index >= 15 is 0 Å². The molecule has 0 spiro atoms. The number of rotatable bonds is 2. The van der Waals surface area contributed by atoms with Crippen molar-refractivity contribution >= 4 is 27.7 Å². The van der Waals surface area contributed by atoms with Crippen molar-refractivity contribution in [3.8, 4) is 0 Å². The van der Waals surface area contributed by atoms with Crippen molar-refractivity contribution in [1.82, 2.24) is 9.62 Å².